The highest BCUT2D eigenvalue weighted by Crippen LogP contribution is 2.17. The highest BCUT2D eigenvalue weighted by atomic mass is 32.2. The van der Waals surface area contributed by atoms with Crippen molar-refractivity contribution in [3.05, 3.63) is 95.3 Å². The predicted molar refractivity (Wildman–Crippen MR) is 114 cm³/mol. The number of sulfonamides is 1. The van der Waals surface area contributed by atoms with Crippen LogP contribution in [0, 0.1) is 0 Å². The molecule has 31 heavy (non-hydrogen) atoms. The van der Waals surface area contributed by atoms with Crippen LogP contribution in [0.15, 0.2) is 88.7 Å². The molecule has 0 radical (unpaired) electrons. The summed E-state index contributed by atoms with van der Waals surface area (Å²) in [5.41, 5.74) is 0.285. The van der Waals surface area contributed by atoms with Gasteiger partial charge in [0.05, 0.1) is 10.6 Å². The largest absolute Gasteiger partial charge is 0.348 e. The maximum Gasteiger partial charge on any atom is 0.348 e. The highest BCUT2D eigenvalue weighted by Gasteiger charge is 2.17. The molecule has 3 N–H and O–H groups in total. The number of pyridine rings is 1. The first kappa shape index (κ1) is 20.0. The first-order valence-corrected chi connectivity index (χ1v) is 10.5. The second-order valence-corrected chi connectivity index (χ2v) is 8.01. The van der Waals surface area contributed by atoms with Gasteiger partial charge in [0.1, 0.15) is 5.82 Å². The molecule has 2 heterocycles. The second kappa shape index (κ2) is 8.24. The Labute approximate surface area is 176 Å². The SMILES string of the molecule is O=C(Nc1ccc(S(=O)(=O)Nc2ccccn2)cc1)c1nn(-c2ccccc2)c(=O)[nH]1. The summed E-state index contributed by atoms with van der Waals surface area (Å²) >= 11 is 0. The van der Waals surface area contributed by atoms with E-state index in [9.17, 15) is 18.0 Å². The van der Waals surface area contributed by atoms with E-state index in [0.717, 1.165) is 4.68 Å². The molecule has 0 aliphatic rings. The molecule has 0 saturated heterocycles. The Morgan fingerprint density at radius 3 is 2.32 bits per heavy atom. The summed E-state index contributed by atoms with van der Waals surface area (Å²) in [4.78, 5) is 30.8. The average molecular weight is 436 g/mol. The van der Waals surface area contributed by atoms with Gasteiger partial charge in [-0.2, -0.15) is 4.68 Å². The third kappa shape index (κ3) is 4.51. The molecule has 0 aliphatic carbocycles. The fraction of sp³-hybridized carbons (Fsp3) is 0. The van der Waals surface area contributed by atoms with Gasteiger partial charge >= 0.3 is 5.69 Å². The third-order valence-electron chi connectivity index (χ3n) is 4.16. The number of para-hydroxylation sites is 1. The normalized spacial score (nSPS) is 11.1. The van der Waals surface area contributed by atoms with Crippen molar-refractivity contribution in [1.82, 2.24) is 19.7 Å². The number of anilines is 2. The van der Waals surface area contributed by atoms with Crippen molar-refractivity contribution in [2.75, 3.05) is 10.0 Å². The van der Waals surface area contributed by atoms with E-state index in [2.05, 4.69) is 25.1 Å². The lowest BCUT2D eigenvalue weighted by molar-refractivity contribution is 0.101. The molecule has 11 heteroatoms. The maximum atomic E-state index is 12.4. The Balaban J connectivity index is 1.48. The van der Waals surface area contributed by atoms with Crippen LogP contribution in [0.2, 0.25) is 0 Å². The molecule has 2 aromatic heterocycles. The number of carbonyl (C=O) groups excluding carboxylic acids is 1. The second-order valence-electron chi connectivity index (χ2n) is 6.33. The molecule has 156 valence electrons. The number of aromatic nitrogens is 4. The molecule has 1 amide bonds. The summed E-state index contributed by atoms with van der Waals surface area (Å²) in [7, 11) is -3.83. The number of nitrogens with one attached hydrogen (secondary N) is 3. The average Bonchev–Trinajstić information content (AvgIpc) is 3.17. The van der Waals surface area contributed by atoms with Crippen LogP contribution < -0.4 is 15.7 Å². The molecule has 2 aromatic carbocycles. The van der Waals surface area contributed by atoms with Crippen molar-refractivity contribution >= 4 is 27.4 Å². The van der Waals surface area contributed by atoms with E-state index in [1.165, 1.54) is 36.5 Å². The van der Waals surface area contributed by atoms with E-state index >= 15 is 0 Å². The molecule has 0 fully saturated rings. The van der Waals surface area contributed by atoms with Crippen molar-refractivity contribution in [2.24, 2.45) is 0 Å². The number of H-pyrrole nitrogens is 1. The van der Waals surface area contributed by atoms with Crippen molar-refractivity contribution in [1.29, 1.82) is 0 Å². The minimum absolute atomic E-state index is 0.00193. The fourth-order valence-corrected chi connectivity index (χ4v) is 3.71. The molecule has 0 bridgehead atoms. The first-order valence-electron chi connectivity index (χ1n) is 9.02. The van der Waals surface area contributed by atoms with Gasteiger partial charge in [-0.15, -0.1) is 5.10 Å². The summed E-state index contributed by atoms with van der Waals surface area (Å²) in [6.45, 7) is 0. The smallest absolute Gasteiger partial charge is 0.319 e. The lowest BCUT2D eigenvalue weighted by Crippen LogP contribution is -2.16. The number of rotatable bonds is 6. The fourth-order valence-electron chi connectivity index (χ4n) is 2.70. The lowest BCUT2D eigenvalue weighted by Gasteiger charge is -2.08. The third-order valence-corrected chi connectivity index (χ3v) is 5.53. The van der Waals surface area contributed by atoms with Gasteiger partial charge < -0.3 is 5.32 Å². The molecule has 0 aliphatic heterocycles. The zero-order valence-corrected chi connectivity index (χ0v) is 16.7. The number of hydrogen-bond donors (Lipinski definition) is 3. The van der Waals surface area contributed by atoms with Crippen LogP contribution in [0.25, 0.3) is 5.69 Å². The molecular weight excluding hydrogens is 420 g/mol. The van der Waals surface area contributed by atoms with Gasteiger partial charge in [0.2, 0.25) is 5.82 Å². The predicted octanol–water partition coefficient (Wildman–Crippen LogP) is 2.01. The number of hydrogen-bond acceptors (Lipinski definition) is 6. The number of amides is 1. The van der Waals surface area contributed by atoms with E-state index in [0.29, 0.717) is 11.4 Å². The van der Waals surface area contributed by atoms with Crippen LogP contribution in [0.4, 0.5) is 11.5 Å². The first-order chi connectivity index (χ1) is 14.9. The van der Waals surface area contributed by atoms with Crippen LogP contribution in [-0.2, 0) is 10.0 Å². The number of carbonyl (C=O) groups is 1. The lowest BCUT2D eigenvalue weighted by atomic mass is 10.3. The number of aromatic amines is 1. The van der Waals surface area contributed by atoms with Crippen LogP contribution in [0.1, 0.15) is 10.6 Å². The Bertz CT molecular complexity index is 1360. The summed E-state index contributed by atoms with van der Waals surface area (Å²) in [6.07, 6.45) is 1.47. The summed E-state index contributed by atoms with van der Waals surface area (Å²) in [5, 5.41) is 6.57. The standard InChI is InChI=1S/C20H16N6O4S/c27-19(18-23-20(28)26(24-18)15-6-2-1-3-7-15)22-14-9-11-16(12-10-14)31(29,30)25-17-8-4-5-13-21-17/h1-13H,(H,21,25)(H,22,27)(H,23,24,28). The topological polar surface area (TPSA) is 139 Å². The van der Waals surface area contributed by atoms with Gasteiger partial charge in [-0.3, -0.25) is 14.5 Å². The van der Waals surface area contributed by atoms with Crippen LogP contribution in [-0.4, -0.2) is 34.1 Å². The highest BCUT2D eigenvalue weighted by molar-refractivity contribution is 7.92. The minimum Gasteiger partial charge on any atom is -0.319 e. The monoisotopic (exact) mass is 436 g/mol. The van der Waals surface area contributed by atoms with Crippen molar-refractivity contribution in [3.8, 4) is 5.69 Å². The molecule has 4 aromatic rings. The molecule has 4 rings (SSSR count). The van der Waals surface area contributed by atoms with E-state index in [4.69, 9.17) is 0 Å². The summed E-state index contributed by atoms with van der Waals surface area (Å²) in [6, 6.07) is 19.0. The zero-order valence-electron chi connectivity index (χ0n) is 15.9. The Morgan fingerprint density at radius 2 is 1.65 bits per heavy atom. The number of benzene rings is 2. The molecule has 10 nitrogen and oxygen atoms in total. The maximum absolute atomic E-state index is 12.4. The van der Waals surface area contributed by atoms with Gasteiger partial charge in [-0.05, 0) is 48.5 Å². The van der Waals surface area contributed by atoms with Gasteiger partial charge in [-0.1, -0.05) is 24.3 Å². The van der Waals surface area contributed by atoms with Gasteiger partial charge in [0, 0.05) is 11.9 Å². The van der Waals surface area contributed by atoms with Crippen LogP contribution in [0.5, 0.6) is 0 Å². The molecule has 0 atom stereocenters. The molecular formula is C20H16N6O4S. The van der Waals surface area contributed by atoms with Gasteiger partial charge in [0.15, 0.2) is 0 Å². The zero-order chi connectivity index (χ0) is 21.8. The van der Waals surface area contributed by atoms with E-state index in [-0.39, 0.29) is 16.5 Å². The molecule has 0 saturated carbocycles. The van der Waals surface area contributed by atoms with Crippen LogP contribution in [0.3, 0.4) is 0 Å². The number of nitrogens with zero attached hydrogens (tertiary/aromatic N) is 3. The van der Waals surface area contributed by atoms with Crippen molar-refractivity contribution in [3.63, 3.8) is 0 Å². The van der Waals surface area contributed by atoms with Crippen molar-refractivity contribution in [2.45, 2.75) is 4.90 Å². The Kier molecular flexibility index (Phi) is 5.33. The van der Waals surface area contributed by atoms with Crippen molar-refractivity contribution < 1.29 is 13.2 Å². The summed E-state index contributed by atoms with van der Waals surface area (Å²) < 4.78 is 28.3. The quantitative estimate of drug-likeness (QED) is 0.423. The molecule has 0 spiro atoms. The van der Waals surface area contributed by atoms with E-state index in [1.54, 1.807) is 42.5 Å². The minimum atomic E-state index is -3.83. The Hall–Kier alpha value is -4.25. The van der Waals surface area contributed by atoms with E-state index < -0.39 is 21.6 Å². The van der Waals surface area contributed by atoms with Gasteiger partial charge in [0.25, 0.3) is 15.9 Å². The Morgan fingerprint density at radius 1 is 0.935 bits per heavy atom. The van der Waals surface area contributed by atoms with E-state index in [1.807, 2.05) is 0 Å². The van der Waals surface area contributed by atoms with Crippen LogP contribution >= 0.6 is 0 Å². The molecule has 0 unspecified atom stereocenters. The van der Waals surface area contributed by atoms with Gasteiger partial charge in [-0.25, -0.2) is 18.2 Å². The summed E-state index contributed by atoms with van der Waals surface area (Å²) in [5.74, 6) is -0.630.